The summed E-state index contributed by atoms with van der Waals surface area (Å²) in [6.45, 7) is 0. The highest BCUT2D eigenvalue weighted by Gasteiger charge is 2.30. The number of benzene rings is 2. The van der Waals surface area contributed by atoms with E-state index in [1.807, 2.05) is 12.1 Å². The normalized spacial score (nSPS) is 15.4. The van der Waals surface area contributed by atoms with Crippen LogP contribution in [0.1, 0.15) is 32.1 Å². The SMILES string of the molecule is O=S(=O)(c1ccc(F)cc1)c1nc(-c2ccc(Br)cc2)oc1NC1CCCCC1. The number of anilines is 1. The number of sulfone groups is 1. The monoisotopic (exact) mass is 478 g/mol. The maximum Gasteiger partial charge on any atom is 0.234 e. The molecule has 1 aliphatic carbocycles. The second-order valence-electron chi connectivity index (χ2n) is 7.10. The van der Waals surface area contributed by atoms with Gasteiger partial charge in [0, 0.05) is 16.1 Å². The highest BCUT2D eigenvalue weighted by atomic mass is 79.9. The Morgan fingerprint density at radius 2 is 1.66 bits per heavy atom. The number of hydrogen-bond acceptors (Lipinski definition) is 5. The molecule has 4 rings (SSSR count). The maximum atomic E-state index is 13.3. The van der Waals surface area contributed by atoms with Crippen molar-refractivity contribution in [3.63, 3.8) is 0 Å². The van der Waals surface area contributed by atoms with Gasteiger partial charge in [-0.3, -0.25) is 0 Å². The van der Waals surface area contributed by atoms with Crippen molar-refractivity contribution in [2.24, 2.45) is 0 Å². The molecule has 29 heavy (non-hydrogen) atoms. The Labute approximate surface area is 177 Å². The third kappa shape index (κ3) is 4.38. The first-order valence-electron chi connectivity index (χ1n) is 9.47. The van der Waals surface area contributed by atoms with Crippen molar-refractivity contribution in [2.45, 2.75) is 48.1 Å². The van der Waals surface area contributed by atoms with E-state index in [-0.39, 0.29) is 27.7 Å². The second kappa shape index (κ2) is 8.28. The number of nitrogens with zero attached hydrogens (tertiary/aromatic N) is 1. The van der Waals surface area contributed by atoms with Crippen LogP contribution >= 0.6 is 15.9 Å². The van der Waals surface area contributed by atoms with Crippen molar-refractivity contribution >= 4 is 31.7 Å². The number of nitrogens with one attached hydrogen (secondary N) is 1. The van der Waals surface area contributed by atoms with Crippen molar-refractivity contribution in [1.82, 2.24) is 4.98 Å². The molecule has 1 heterocycles. The summed E-state index contributed by atoms with van der Waals surface area (Å²) in [4.78, 5) is 4.29. The Kier molecular flexibility index (Phi) is 5.74. The van der Waals surface area contributed by atoms with Crippen LogP contribution in [0.4, 0.5) is 10.3 Å². The van der Waals surface area contributed by atoms with Crippen LogP contribution in [-0.2, 0) is 9.84 Å². The largest absolute Gasteiger partial charge is 0.419 e. The van der Waals surface area contributed by atoms with E-state index in [0.717, 1.165) is 42.3 Å². The average Bonchev–Trinajstić information content (AvgIpc) is 3.14. The molecule has 0 unspecified atom stereocenters. The zero-order valence-electron chi connectivity index (χ0n) is 15.6. The summed E-state index contributed by atoms with van der Waals surface area (Å²) in [6.07, 6.45) is 5.25. The molecule has 2 aromatic carbocycles. The van der Waals surface area contributed by atoms with Gasteiger partial charge in [0.2, 0.25) is 26.6 Å². The average molecular weight is 479 g/mol. The molecule has 0 spiro atoms. The molecule has 1 aliphatic rings. The van der Waals surface area contributed by atoms with Crippen LogP contribution in [0.5, 0.6) is 0 Å². The fourth-order valence-electron chi connectivity index (χ4n) is 3.45. The summed E-state index contributed by atoms with van der Waals surface area (Å²) in [5, 5.41) is 3.07. The fraction of sp³-hybridized carbons (Fsp3) is 0.286. The molecule has 0 radical (unpaired) electrons. The Morgan fingerprint density at radius 1 is 1.00 bits per heavy atom. The maximum absolute atomic E-state index is 13.3. The molecule has 0 atom stereocenters. The van der Waals surface area contributed by atoms with Crippen molar-refractivity contribution in [2.75, 3.05) is 5.32 Å². The molecule has 5 nitrogen and oxygen atoms in total. The minimum Gasteiger partial charge on any atom is -0.419 e. The Balaban J connectivity index is 1.77. The van der Waals surface area contributed by atoms with Gasteiger partial charge in [-0.1, -0.05) is 35.2 Å². The number of oxazole rings is 1. The van der Waals surface area contributed by atoms with Gasteiger partial charge >= 0.3 is 0 Å². The number of aromatic nitrogens is 1. The summed E-state index contributed by atoms with van der Waals surface area (Å²) < 4.78 is 46.5. The van der Waals surface area contributed by atoms with Crippen LogP contribution in [0.15, 0.2) is 67.3 Å². The quantitative estimate of drug-likeness (QED) is 0.467. The first-order valence-corrected chi connectivity index (χ1v) is 11.7. The Hall–Kier alpha value is -2.19. The first-order chi connectivity index (χ1) is 13.9. The highest BCUT2D eigenvalue weighted by Crippen LogP contribution is 2.34. The molecule has 0 bridgehead atoms. The lowest BCUT2D eigenvalue weighted by atomic mass is 9.96. The minimum absolute atomic E-state index is 0.0266. The van der Waals surface area contributed by atoms with Crippen LogP contribution in [0.25, 0.3) is 11.5 Å². The number of halogens is 2. The zero-order valence-corrected chi connectivity index (χ0v) is 18.0. The lowest BCUT2D eigenvalue weighted by molar-refractivity contribution is 0.450. The van der Waals surface area contributed by atoms with Crippen LogP contribution in [0, 0.1) is 5.82 Å². The molecular weight excluding hydrogens is 459 g/mol. The number of rotatable bonds is 5. The van der Waals surface area contributed by atoms with Crippen LogP contribution in [0.3, 0.4) is 0 Å². The van der Waals surface area contributed by atoms with E-state index in [0.29, 0.717) is 5.56 Å². The molecule has 3 aromatic rings. The standard InChI is InChI=1S/C21H20BrFN2O3S/c22-15-8-6-14(7-9-15)19-25-21(20(28-19)24-17-4-2-1-3-5-17)29(26,27)18-12-10-16(23)11-13-18/h6-13,17,24H,1-5H2. The smallest absolute Gasteiger partial charge is 0.234 e. The van der Waals surface area contributed by atoms with Crippen molar-refractivity contribution in [3.8, 4) is 11.5 Å². The van der Waals surface area contributed by atoms with Gasteiger partial charge in [-0.05, 0) is 61.4 Å². The van der Waals surface area contributed by atoms with E-state index in [4.69, 9.17) is 4.42 Å². The predicted molar refractivity (Wildman–Crippen MR) is 112 cm³/mol. The van der Waals surface area contributed by atoms with Gasteiger partial charge in [-0.2, -0.15) is 4.98 Å². The van der Waals surface area contributed by atoms with Gasteiger partial charge in [0.25, 0.3) is 0 Å². The molecule has 0 amide bonds. The molecule has 1 aromatic heterocycles. The third-order valence-corrected chi connectivity index (χ3v) is 7.21. The first kappa shape index (κ1) is 20.1. The molecule has 0 saturated heterocycles. The Bertz CT molecular complexity index is 1090. The summed E-state index contributed by atoms with van der Waals surface area (Å²) in [5.74, 6) is -0.143. The summed E-state index contributed by atoms with van der Waals surface area (Å²) in [5.41, 5.74) is 0.667. The van der Waals surface area contributed by atoms with Gasteiger partial charge in [0.15, 0.2) is 0 Å². The molecule has 0 aliphatic heterocycles. The highest BCUT2D eigenvalue weighted by molar-refractivity contribution is 9.10. The van der Waals surface area contributed by atoms with E-state index in [9.17, 15) is 12.8 Å². The van der Waals surface area contributed by atoms with Gasteiger partial charge < -0.3 is 9.73 Å². The number of hydrogen-bond donors (Lipinski definition) is 1. The van der Waals surface area contributed by atoms with Crippen LogP contribution in [-0.4, -0.2) is 19.4 Å². The molecule has 8 heteroatoms. The van der Waals surface area contributed by atoms with Crippen molar-refractivity contribution in [1.29, 1.82) is 0 Å². The van der Waals surface area contributed by atoms with Gasteiger partial charge in [-0.15, -0.1) is 0 Å². The zero-order chi connectivity index (χ0) is 20.4. The van der Waals surface area contributed by atoms with E-state index in [2.05, 4.69) is 26.2 Å². The summed E-state index contributed by atoms with van der Waals surface area (Å²) in [6, 6.07) is 12.1. The van der Waals surface area contributed by atoms with Crippen molar-refractivity contribution in [3.05, 3.63) is 58.8 Å². The minimum atomic E-state index is -3.98. The van der Waals surface area contributed by atoms with Gasteiger partial charge in [-0.25, -0.2) is 12.8 Å². The molecule has 152 valence electrons. The van der Waals surface area contributed by atoms with Crippen LogP contribution in [0.2, 0.25) is 0 Å². The predicted octanol–water partition coefficient (Wildman–Crippen LogP) is 5.82. The fourth-order valence-corrected chi connectivity index (χ4v) is 4.98. The lowest BCUT2D eigenvalue weighted by Crippen LogP contribution is -2.23. The van der Waals surface area contributed by atoms with Crippen LogP contribution < -0.4 is 5.32 Å². The van der Waals surface area contributed by atoms with E-state index < -0.39 is 15.7 Å². The Morgan fingerprint density at radius 3 is 2.31 bits per heavy atom. The molecule has 1 fully saturated rings. The molecule has 1 N–H and O–H groups in total. The van der Waals surface area contributed by atoms with Gasteiger partial charge in [0.05, 0.1) is 4.90 Å². The van der Waals surface area contributed by atoms with Gasteiger partial charge in [0.1, 0.15) is 5.82 Å². The molecule has 1 saturated carbocycles. The lowest BCUT2D eigenvalue weighted by Gasteiger charge is -2.22. The summed E-state index contributed by atoms with van der Waals surface area (Å²) in [7, 11) is -3.98. The van der Waals surface area contributed by atoms with Crippen molar-refractivity contribution < 1.29 is 17.2 Å². The summed E-state index contributed by atoms with van der Waals surface area (Å²) >= 11 is 3.38. The second-order valence-corrected chi connectivity index (χ2v) is 9.88. The topological polar surface area (TPSA) is 72.2 Å². The van der Waals surface area contributed by atoms with E-state index >= 15 is 0 Å². The third-order valence-electron chi connectivity index (χ3n) is 5.01. The van der Waals surface area contributed by atoms with E-state index in [1.54, 1.807) is 12.1 Å². The molecular formula is C21H20BrFN2O3S. The van der Waals surface area contributed by atoms with E-state index in [1.165, 1.54) is 18.6 Å².